The van der Waals surface area contributed by atoms with E-state index in [4.69, 9.17) is 26.3 Å². The monoisotopic (exact) mass is 225 g/mol. The number of halogens is 1. The molecule has 1 heterocycles. The number of rotatable bonds is 0. The first-order valence-corrected chi connectivity index (χ1v) is 4.83. The number of fused-ring (bicyclic) bond motifs is 1. The predicted octanol–water partition coefficient (Wildman–Crippen LogP) is 2.08. The van der Waals surface area contributed by atoms with Gasteiger partial charge in [-0.1, -0.05) is 11.6 Å². The first kappa shape index (κ1) is 9.94. The van der Waals surface area contributed by atoms with Gasteiger partial charge in [0.1, 0.15) is 11.6 Å². The quantitative estimate of drug-likeness (QED) is 0.734. The average molecular weight is 226 g/mol. The molecule has 0 aliphatic carbocycles. The van der Waals surface area contributed by atoms with Crippen LogP contribution in [-0.4, -0.2) is 18.3 Å². The third-order valence-electron chi connectivity index (χ3n) is 2.08. The van der Waals surface area contributed by atoms with Gasteiger partial charge in [0.05, 0.1) is 18.2 Å². The molecule has 1 aliphatic rings. The molecule has 0 saturated heterocycles. The molecule has 0 aromatic heterocycles. The van der Waals surface area contributed by atoms with E-state index in [0.29, 0.717) is 19.0 Å². The number of hydrogen-bond acceptors (Lipinski definition) is 4. The minimum Gasteiger partial charge on any atom is -0.505 e. The number of benzene rings is 1. The number of ether oxygens (including phenoxy) is 2. The Balaban J connectivity index is 2.62. The molecule has 0 radical (unpaired) electrons. The van der Waals surface area contributed by atoms with Crippen molar-refractivity contribution in [2.24, 2.45) is 0 Å². The van der Waals surface area contributed by atoms with Crippen LogP contribution in [0.15, 0.2) is 6.07 Å². The molecule has 0 saturated carbocycles. The van der Waals surface area contributed by atoms with Gasteiger partial charge in [-0.25, -0.2) is 0 Å². The topological polar surface area (TPSA) is 62.5 Å². The van der Waals surface area contributed by atoms with Gasteiger partial charge in [0.15, 0.2) is 17.2 Å². The lowest BCUT2D eigenvalue weighted by molar-refractivity contribution is 0.296. The molecule has 0 fully saturated rings. The van der Waals surface area contributed by atoms with Crippen LogP contribution in [0.4, 0.5) is 0 Å². The van der Waals surface area contributed by atoms with E-state index in [2.05, 4.69) is 0 Å². The van der Waals surface area contributed by atoms with E-state index in [-0.39, 0.29) is 22.1 Å². The van der Waals surface area contributed by atoms with Gasteiger partial charge < -0.3 is 14.6 Å². The van der Waals surface area contributed by atoms with Crippen molar-refractivity contribution in [3.05, 3.63) is 16.7 Å². The summed E-state index contributed by atoms with van der Waals surface area (Å²) in [4.78, 5) is 0. The third-order valence-corrected chi connectivity index (χ3v) is 2.36. The molecule has 1 N–H and O–H groups in total. The maximum Gasteiger partial charge on any atom is 0.182 e. The van der Waals surface area contributed by atoms with Crippen molar-refractivity contribution in [3.63, 3.8) is 0 Å². The van der Waals surface area contributed by atoms with Gasteiger partial charge >= 0.3 is 0 Å². The molecule has 5 heteroatoms. The number of aromatic hydroxyl groups is 1. The molecule has 1 aromatic rings. The number of nitriles is 1. The molecule has 15 heavy (non-hydrogen) atoms. The maximum absolute atomic E-state index is 9.56. The fourth-order valence-corrected chi connectivity index (χ4v) is 1.56. The SMILES string of the molecule is N#Cc1c(O)c(Cl)cc2c1OCCCO2. The molecule has 78 valence electrons. The molecular formula is C10H8ClNO3. The van der Waals surface area contributed by atoms with E-state index in [1.54, 1.807) is 0 Å². The van der Waals surface area contributed by atoms with Crippen LogP contribution in [-0.2, 0) is 0 Å². The van der Waals surface area contributed by atoms with Crippen molar-refractivity contribution in [1.82, 2.24) is 0 Å². The zero-order valence-corrected chi connectivity index (χ0v) is 8.54. The molecule has 0 spiro atoms. The third kappa shape index (κ3) is 1.66. The molecule has 0 bridgehead atoms. The van der Waals surface area contributed by atoms with Crippen LogP contribution in [0.1, 0.15) is 12.0 Å². The summed E-state index contributed by atoms with van der Waals surface area (Å²) >= 11 is 5.75. The van der Waals surface area contributed by atoms with E-state index in [9.17, 15) is 5.11 Å². The lowest BCUT2D eigenvalue weighted by Gasteiger charge is -2.10. The number of phenolic OH excluding ortho intramolecular Hbond substituents is 1. The molecule has 2 rings (SSSR count). The summed E-state index contributed by atoms with van der Waals surface area (Å²) in [5, 5.41) is 18.5. The Hall–Kier alpha value is -1.60. The van der Waals surface area contributed by atoms with Crippen LogP contribution in [0.5, 0.6) is 17.2 Å². The Bertz CT molecular complexity index is 439. The molecule has 0 amide bonds. The lowest BCUT2D eigenvalue weighted by atomic mass is 10.2. The normalized spacial score (nSPS) is 14.1. The number of nitrogens with zero attached hydrogens (tertiary/aromatic N) is 1. The molecule has 1 aromatic carbocycles. The average Bonchev–Trinajstić information content (AvgIpc) is 2.45. The zero-order valence-electron chi connectivity index (χ0n) is 7.79. The highest BCUT2D eigenvalue weighted by molar-refractivity contribution is 6.32. The van der Waals surface area contributed by atoms with E-state index in [1.807, 2.05) is 6.07 Å². The smallest absolute Gasteiger partial charge is 0.182 e. The van der Waals surface area contributed by atoms with E-state index >= 15 is 0 Å². The first-order valence-electron chi connectivity index (χ1n) is 4.45. The minimum absolute atomic E-state index is 0.0272. The highest BCUT2D eigenvalue weighted by Gasteiger charge is 2.21. The Kier molecular flexibility index (Phi) is 2.57. The van der Waals surface area contributed by atoms with Crippen molar-refractivity contribution in [1.29, 1.82) is 5.26 Å². The Morgan fingerprint density at radius 2 is 2.13 bits per heavy atom. The predicted molar refractivity (Wildman–Crippen MR) is 53.4 cm³/mol. The number of hydrogen-bond donors (Lipinski definition) is 1. The summed E-state index contributed by atoms with van der Waals surface area (Å²) < 4.78 is 10.7. The summed E-state index contributed by atoms with van der Waals surface area (Å²) in [5.41, 5.74) is 0.0272. The zero-order chi connectivity index (χ0) is 10.8. The summed E-state index contributed by atoms with van der Waals surface area (Å²) in [5.74, 6) is 0.423. The Morgan fingerprint density at radius 3 is 2.87 bits per heavy atom. The van der Waals surface area contributed by atoms with Crippen LogP contribution in [0, 0.1) is 11.3 Å². The summed E-state index contributed by atoms with van der Waals surface area (Å²) in [6.45, 7) is 0.974. The van der Waals surface area contributed by atoms with Crippen LogP contribution >= 0.6 is 11.6 Å². The second-order valence-electron chi connectivity index (χ2n) is 3.07. The largest absolute Gasteiger partial charge is 0.505 e. The van der Waals surface area contributed by atoms with Gasteiger partial charge in [-0.05, 0) is 0 Å². The van der Waals surface area contributed by atoms with Crippen molar-refractivity contribution in [3.8, 4) is 23.3 Å². The first-order chi connectivity index (χ1) is 7.24. The summed E-state index contributed by atoms with van der Waals surface area (Å²) in [7, 11) is 0. The van der Waals surface area contributed by atoms with Gasteiger partial charge in [-0.15, -0.1) is 0 Å². The summed E-state index contributed by atoms with van der Waals surface area (Å²) in [6, 6.07) is 3.31. The minimum atomic E-state index is -0.261. The highest BCUT2D eigenvalue weighted by Crippen LogP contribution is 2.42. The van der Waals surface area contributed by atoms with Crippen LogP contribution in [0.25, 0.3) is 0 Å². The molecule has 4 nitrogen and oxygen atoms in total. The number of phenols is 1. The van der Waals surface area contributed by atoms with E-state index in [0.717, 1.165) is 6.42 Å². The van der Waals surface area contributed by atoms with Crippen LogP contribution in [0.3, 0.4) is 0 Å². The van der Waals surface area contributed by atoms with Crippen molar-refractivity contribution >= 4 is 11.6 Å². The maximum atomic E-state index is 9.56. The summed E-state index contributed by atoms with van der Waals surface area (Å²) in [6.07, 6.45) is 0.734. The van der Waals surface area contributed by atoms with Gasteiger partial charge in [-0.3, -0.25) is 0 Å². The van der Waals surface area contributed by atoms with Crippen molar-refractivity contribution in [2.45, 2.75) is 6.42 Å². The second kappa shape index (κ2) is 3.87. The van der Waals surface area contributed by atoms with Crippen molar-refractivity contribution in [2.75, 3.05) is 13.2 Å². The fraction of sp³-hybridized carbons (Fsp3) is 0.300. The molecular weight excluding hydrogens is 218 g/mol. The van der Waals surface area contributed by atoms with Gasteiger partial charge in [-0.2, -0.15) is 5.26 Å². The van der Waals surface area contributed by atoms with E-state index in [1.165, 1.54) is 6.07 Å². The van der Waals surface area contributed by atoms with Crippen LogP contribution in [0.2, 0.25) is 5.02 Å². The Labute approximate surface area is 91.6 Å². The Morgan fingerprint density at radius 1 is 1.40 bits per heavy atom. The fourth-order valence-electron chi connectivity index (χ4n) is 1.37. The molecule has 0 atom stereocenters. The second-order valence-corrected chi connectivity index (χ2v) is 3.48. The molecule has 1 aliphatic heterocycles. The van der Waals surface area contributed by atoms with Crippen molar-refractivity contribution < 1.29 is 14.6 Å². The van der Waals surface area contributed by atoms with Gasteiger partial charge in [0, 0.05) is 12.5 Å². The van der Waals surface area contributed by atoms with E-state index < -0.39 is 0 Å². The van der Waals surface area contributed by atoms with Gasteiger partial charge in [0.25, 0.3) is 0 Å². The highest BCUT2D eigenvalue weighted by atomic mass is 35.5. The lowest BCUT2D eigenvalue weighted by Crippen LogP contribution is -1.98. The van der Waals surface area contributed by atoms with Gasteiger partial charge in [0.2, 0.25) is 0 Å². The standard InChI is InChI=1S/C10H8ClNO3/c11-7-4-8-10(6(5-12)9(7)13)15-3-1-2-14-8/h4,13H,1-3H2. The molecule has 0 unspecified atom stereocenters. The van der Waals surface area contributed by atoms with Crippen LogP contribution < -0.4 is 9.47 Å².